The second-order valence-corrected chi connectivity index (χ2v) is 18.5. The van der Waals surface area contributed by atoms with Gasteiger partial charge in [-0.25, -0.2) is 0 Å². The summed E-state index contributed by atoms with van der Waals surface area (Å²) in [6.45, 7) is 42.8. The van der Waals surface area contributed by atoms with Crippen molar-refractivity contribution >= 4 is 37.7 Å². The van der Waals surface area contributed by atoms with Gasteiger partial charge in [0.15, 0.2) is 0 Å². The van der Waals surface area contributed by atoms with Gasteiger partial charge in [0.25, 0.3) is 0 Å². The van der Waals surface area contributed by atoms with Crippen LogP contribution in [0.1, 0.15) is 223 Å². The SMILES string of the molecule is C1=CCOC1.CCCC(C)(C)c1nc(C(C)(C)CC)[n-]c1C(C)(C)CCC.CCCC(C)(C)c1nc(C(C)(C)CC)[n-]c1C(C)(C)CCC.[Ca+2]. The van der Waals surface area contributed by atoms with Crippen LogP contribution in [0.4, 0.5) is 0 Å². The summed E-state index contributed by atoms with van der Waals surface area (Å²) in [5, 5.41) is 0. The Hall–Kier alpha value is -0.620. The molecule has 1 aliphatic rings. The van der Waals surface area contributed by atoms with Gasteiger partial charge in [-0.05, 0) is 71.0 Å². The number of aromatic nitrogens is 4. The number of rotatable bonds is 16. The molecule has 5 nitrogen and oxygen atoms in total. The molecule has 3 rings (SSSR count). The van der Waals surface area contributed by atoms with Crippen LogP contribution in [0.3, 0.4) is 0 Å². The molecule has 0 radical (unpaired) electrons. The quantitative estimate of drug-likeness (QED) is 0.128. The molecule has 0 bridgehead atoms. The van der Waals surface area contributed by atoms with Gasteiger partial charge in [0, 0.05) is 0 Å². The number of hydrogen-bond acceptors (Lipinski definition) is 3. The standard InChI is InChI=1S/2C20H37N2.C4H6O.Ca/c2*1-10-13-19(6,7)15-16(20(8,9)14-11-2)22-17(21-15)18(4,5)12-3;1-2-4-5-3-1;/h2*10-14H2,1-9H3;1-2H,3-4H2;/q2*-1;;+2. The van der Waals surface area contributed by atoms with Crippen molar-refractivity contribution < 1.29 is 4.74 Å². The molecule has 0 saturated heterocycles. The molecule has 0 aliphatic carbocycles. The molecule has 2 aromatic rings. The summed E-state index contributed by atoms with van der Waals surface area (Å²) < 4.78 is 4.83. The summed E-state index contributed by atoms with van der Waals surface area (Å²) in [5.41, 5.74) is 5.47. The van der Waals surface area contributed by atoms with Crippen molar-refractivity contribution in [1.29, 1.82) is 0 Å². The average molecular weight is 721 g/mol. The normalized spacial score (nSPS) is 14.1. The van der Waals surface area contributed by atoms with Gasteiger partial charge in [-0.3, -0.25) is 0 Å². The zero-order valence-corrected chi connectivity index (χ0v) is 38.8. The van der Waals surface area contributed by atoms with Gasteiger partial charge in [0.05, 0.1) is 13.2 Å². The van der Waals surface area contributed by atoms with Gasteiger partial charge in [0.1, 0.15) is 0 Å². The van der Waals surface area contributed by atoms with E-state index in [1.807, 2.05) is 12.2 Å². The molecule has 50 heavy (non-hydrogen) atoms. The van der Waals surface area contributed by atoms with Crippen LogP contribution in [-0.4, -0.2) is 60.9 Å². The van der Waals surface area contributed by atoms with Gasteiger partial charge in [-0.2, -0.15) is 0 Å². The molecule has 2 aromatic heterocycles. The fourth-order valence-electron chi connectivity index (χ4n) is 6.81. The van der Waals surface area contributed by atoms with Crippen LogP contribution in [0, 0.1) is 0 Å². The zero-order valence-electron chi connectivity index (χ0n) is 36.5. The number of nitrogens with zero attached hydrogens (tertiary/aromatic N) is 4. The van der Waals surface area contributed by atoms with Crippen molar-refractivity contribution in [3.63, 3.8) is 0 Å². The van der Waals surface area contributed by atoms with E-state index in [0.29, 0.717) is 0 Å². The zero-order chi connectivity index (χ0) is 37.9. The van der Waals surface area contributed by atoms with Crippen molar-refractivity contribution in [3.8, 4) is 0 Å². The van der Waals surface area contributed by atoms with Crippen LogP contribution in [0.25, 0.3) is 0 Å². The van der Waals surface area contributed by atoms with Crippen LogP contribution in [0.2, 0.25) is 0 Å². The van der Waals surface area contributed by atoms with E-state index in [1.54, 1.807) is 0 Å². The van der Waals surface area contributed by atoms with E-state index in [0.717, 1.165) is 63.4 Å². The van der Waals surface area contributed by atoms with Crippen LogP contribution in [0.15, 0.2) is 12.2 Å². The van der Waals surface area contributed by atoms with Crippen LogP contribution >= 0.6 is 0 Å². The predicted octanol–water partition coefficient (Wildman–Crippen LogP) is 12.0. The largest absolute Gasteiger partial charge is 2.00 e. The Morgan fingerprint density at radius 3 is 0.980 bits per heavy atom. The maximum atomic E-state index is 5.08. The van der Waals surface area contributed by atoms with Gasteiger partial charge in [-0.15, -0.1) is 0 Å². The maximum Gasteiger partial charge on any atom is 2.00 e. The molecule has 0 N–H and O–H groups in total. The average Bonchev–Trinajstić information content (AvgIpc) is 3.80. The Kier molecular flexibility index (Phi) is 20.5. The molecule has 6 heteroatoms. The Bertz CT molecular complexity index is 1110. The Balaban J connectivity index is 0.000000824. The van der Waals surface area contributed by atoms with Crippen LogP contribution in [0.5, 0.6) is 0 Å². The molecule has 1 aliphatic heterocycles. The molecule has 3 heterocycles. The van der Waals surface area contributed by atoms with E-state index >= 15 is 0 Å². The monoisotopic (exact) mass is 721 g/mol. The van der Waals surface area contributed by atoms with E-state index in [1.165, 1.54) is 48.5 Å². The van der Waals surface area contributed by atoms with E-state index in [-0.39, 0.29) is 70.2 Å². The second kappa shape index (κ2) is 20.7. The minimum atomic E-state index is 0. The molecule has 0 saturated carbocycles. The predicted molar refractivity (Wildman–Crippen MR) is 219 cm³/mol. The molecule has 0 amide bonds. The number of imidazole rings is 2. The first-order valence-electron chi connectivity index (χ1n) is 19.9. The van der Waals surface area contributed by atoms with Gasteiger partial charge >= 0.3 is 37.7 Å². The fourth-order valence-corrected chi connectivity index (χ4v) is 6.81. The first kappa shape index (κ1) is 49.4. The molecule has 0 aromatic carbocycles. The first-order chi connectivity index (χ1) is 22.5. The van der Waals surface area contributed by atoms with Crippen LogP contribution in [-0.2, 0) is 37.2 Å². The van der Waals surface area contributed by atoms with E-state index < -0.39 is 0 Å². The molecule has 0 atom stereocenters. The summed E-state index contributed by atoms with van der Waals surface area (Å²) >= 11 is 0. The fraction of sp³-hybridized carbons (Fsp3) is 0.818. The van der Waals surface area contributed by atoms with E-state index in [2.05, 4.69) is 125 Å². The summed E-state index contributed by atoms with van der Waals surface area (Å²) in [6, 6.07) is 0. The Labute approximate surface area is 341 Å². The summed E-state index contributed by atoms with van der Waals surface area (Å²) in [4.78, 5) is 20.3. The number of hydrogen-bond donors (Lipinski definition) is 0. The second-order valence-electron chi connectivity index (χ2n) is 18.5. The third kappa shape index (κ3) is 13.7. The topological polar surface area (TPSA) is 63.2 Å². The van der Waals surface area contributed by atoms with Crippen molar-refractivity contribution in [1.82, 2.24) is 19.9 Å². The van der Waals surface area contributed by atoms with Crippen molar-refractivity contribution in [2.45, 2.75) is 221 Å². The first-order valence-corrected chi connectivity index (χ1v) is 19.9. The van der Waals surface area contributed by atoms with E-state index in [4.69, 9.17) is 24.7 Å². The van der Waals surface area contributed by atoms with E-state index in [9.17, 15) is 0 Å². The van der Waals surface area contributed by atoms with Gasteiger partial charge < -0.3 is 24.7 Å². The molecular formula is C44H80CaN4O. The molecule has 0 spiro atoms. The van der Waals surface area contributed by atoms with Crippen LogP contribution < -0.4 is 9.97 Å². The van der Waals surface area contributed by atoms with Gasteiger partial charge in [-0.1, -0.05) is 197 Å². The smallest absolute Gasteiger partial charge is 0.442 e. The minimum absolute atomic E-state index is 0. The molecule has 0 unspecified atom stereocenters. The minimum Gasteiger partial charge on any atom is -0.442 e. The summed E-state index contributed by atoms with van der Waals surface area (Å²) in [5.74, 6) is 2.07. The Morgan fingerprint density at radius 2 is 0.760 bits per heavy atom. The van der Waals surface area contributed by atoms with Crippen molar-refractivity contribution in [3.05, 3.63) is 46.6 Å². The number of ether oxygens (including phenoxy) is 1. The Morgan fingerprint density at radius 1 is 0.480 bits per heavy atom. The van der Waals surface area contributed by atoms with Crippen molar-refractivity contribution in [2.75, 3.05) is 13.2 Å². The molecule has 284 valence electrons. The van der Waals surface area contributed by atoms with Crippen molar-refractivity contribution in [2.24, 2.45) is 0 Å². The maximum absolute atomic E-state index is 5.08. The summed E-state index contributed by atoms with van der Waals surface area (Å²) in [7, 11) is 0. The molecular weight excluding hydrogens is 641 g/mol. The third-order valence-corrected chi connectivity index (χ3v) is 11.0. The third-order valence-electron chi connectivity index (χ3n) is 11.0. The van der Waals surface area contributed by atoms with Gasteiger partial charge in [0.2, 0.25) is 0 Å². The summed E-state index contributed by atoms with van der Waals surface area (Å²) in [6.07, 6.45) is 15.5. The molecule has 0 fully saturated rings.